The van der Waals surface area contributed by atoms with Gasteiger partial charge in [0.05, 0.1) is 0 Å². The van der Waals surface area contributed by atoms with Gasteiger partial charge in [-0.15, -0.1) is 0 Å². The Hall–Kier alpha value is -3.15. The van der Waals surface area contributed by atoms with Gasteiger partial charge < -0.3 is 14.2 Å². The molecule has 0 amide bonds. The normalized spacial score (nSPS) is 12.5. The fourth-order valence-corrected chi connectivity index (χ4v) is 8.71. The molecule has 0 fully saturated rings. The first-order valence-corrected chi connectivity index (χ1v) is 30.9. The monoisotopic (exact) mass is 1000 g/mol. The summed E-state index contributed by atoms with van der Waals surface area (Å²) in [5.74, 6) is -0.902. The summed E-state index contributed by atoms with van der Waals surface area (Å²) >= 11 is 0. The van der Waals surface area contributed by atoms with Gasteiger partial charge in [0, 0.05) is 19.3 Å². The van der Waals surface area contributed by atoms with Crippen LogP contribution in [0.2, 0.25) is 0 Å². The molecule has 1 atom stereocenters. The molecule has 0 saturated carbocycles. The molecule has 0 aliphatic heterocycles. The zero-order valence-corrected chi connectivity index (χ0v) is 47.7. The number of ether oxygens (including phenoxy) is 3. The Kier molecular flexibility index (Phi) is 57.8. The Morgan fingerprint density at radius 1 is 0.278 bits per heavy atom. The standard InChI is InChI=1S/C66H116O6/c1-4-7-10-13-16-19-22-25-28-31-33-35-38-41-44-47-50-53-56-59-65(68)71-62-63(61-70-64(67)58-55-52-49-46-43-40-37-30-27-24-21-18-15-12-9-6-3)72-66(69)60-57-54-51-48-45-42-39-36-34-32-29-26-23-20-17-14-11-8-5-2/h16,19,21,24-26,28-30,33,35,37,63H,4-15,17-18,20,22-23,27,31-32,34,36,38-62H2,1-3H3/b19-16-,24-21-,28-25-,29-26-,35-33-,37-30-. The van der Waals surface area contributed by atoms with Crippen LogP contribution in [0.4, 0.5) is 0 Å². The maximum atomic E-state index is 12.9. The van der Waals surface area contributed by atoms with Gasteiger partial charge in [-0.05, 0) is 116 Å². The van der Waals surface area contributed by atoms with E-state index in [1.807, 2.05) is 0 Å². The number of hydrogen-bond donors (Lipinski definition) is 0. The van der Waals surface area contributed by atoms with Crippen LogP contribution in [-0.2, 0) is 28.6 Å². The lowest BCUT2D eigenvalue weighted by molar-refractivity contribution is -0.167. The van der Waals surface area contributed by atoms with Gasteiger partial charge >= 0.3 is 17.9 Å². The second kappa shape index (κ2) is 60.4. The van der Waals surface area contributed by atoms with E-state index < -0.39 is 6.10 Å². The van der Waals surface area contributed by atoms with Crippen LogP contribution in [0.15, 0.2) is 72.9 Å². The van der Waals surface area contributed by atoms with E-state index >= 15 is 0 Å². The molecular weight excluding hydrogens is 889 g/mol. The molecule has 6 heteroatoms. The molecule has 0 aromatic carbocycles. The number of esters is 3. The summed E-state index contributed by atoms with van der Waals surface area (Å²) < 4.78 is 16.9. The summed E-state index contributed by atoms with van der Waals surface area (Å²) in [6.07, 6.45) is 77.5. The van der Waals surface area contributed by atoms with Crippen molar-refractivity contribution in [3.05, 3.63) is 72.9 Å². The molecule has 0 aromatic heterocycles. The van der Waals surface area contributed by atoms with Crippen LogP contribution in [0.3, 0.4) is 0 Å². The Morgan fingerprint density at radius 2 is 0.500 bits per heavy atom. The SMILES string of the molecule is CCCCC/C=C\C/C=C\C/C=C\CCCCCCCCC(=O)OCC(COC(=O)CCCCCCC/C=C\C/C=C\CCCCCC)OC(=O)CCCCCCCCCCC/C=C\CCCCCCCC. The average molecular weight is 1010 g/mol. The van der Waals surface area contributed by atoms with Gasteiger partial charge in [-0.3, -0.25) is 14.4 Å². The van der Waals surface area contributed by atoms with Crippen LogP contribution in [0.1, 0.15) is 310 Å². The lowest BCUT2D eigenvalue weighted by Crippen LogP contribution is -2.30. The van der Waals surface area contributed by atoms with Gasteiger partial charge in [0.25, 0.3) is 0 Å². The Balaban J connectivity index is 4.42. The number of rotatable bonds is 56. The molecule has 0 N–H and O–H groups in total. The lowest BCUT2D eigenvalue weighted by atomic mass is 10.1. The highest BCUT2D eigenvalue weighted by Gasteiger charge is 2.19. The molecule has 0 aliphatic carbocycles. The molecule has 416 valence electrons. The van der Waals surface area contributed by atoms with Crippen LogP contribution in [0.25, 0.3) is 0 Å². The first-order valence-electron chi connectivity index (χ1n) is 30.9. The largest absolute Gasteiger partial charge is 0.462 e. The van der Waals surface area contributed by atoms with E-state index in [4.69, 9.17) is 14.2 Å². The fraction of sp³-hybridized carbons (Fsp3) is 0.773. The van der Waals surface area contributed by atoms with Gasteiger partial charge in [0.2, 0.25) is 0 Å². The molecule has 0 spiro atoms. The third-order valence-corrected chi connectivity index (χ3v) is 13.4. The second-order valence-corrected chi connectivity index (χ2v) is 20.6. The summed E-state index contributed by atoms with van der Waals surface area (Å²) in [4.78, 5) is 38.3. The van der Waals surface area contributed by atoms with Crippen LogP contribution < -0.4 is 0 Å². The van der Waals surface area contributed by atoms with Crippen molar-refractivity contribution in [3.63, 3.8) is 0 Å². The van der Waals surface area contributed by atoms with Crippen molar-refractivity contribution in [1.29, 1.82) is 0 Å². The van der Waals surface area contributed by atoms with Crippen molar-refractivity contribution in [3.8, 4) is 0 Å². The highest BCUT2D eigenvalue weighted by molar-refractivity contribution is 5.71. The molecule has 0 bridgehead atoms. The molecule has 6 nitrogen and oxygen atoms in total. The fourth-order valence-electron chi connectivity index (χ4n) is 8.71. The van der Waals surface area contributed by atoms with Gasteiger partial charge in [-0.2, -0.15) is 0 Å². The molecule has 1 unspecified atom stereocenters. The highest BCUT2D eigenvalue weighted by atomic mass is 16.6. The smallest absolute Gasteiger partial charge is 0.306 e. The minimum atomic E-state index is -0.789. The van der Waals surface area contributed by atoms with Crippen molar-refractivity contribution in [2.75, 3.05) is 13.2 Å². The zero-order valence-electron chi connectivity index (χ0n) is 47.7. The molecule has 0 heterocycles. The number of unbranched alkanes of at least 4 members (excludes halogenated alkanes) is 33. The lowest BCUT2D eigenvalue weighted by Gasteiger charge is -2.18. The third kappa shape index (κ3) is 57.7. The minimum absolute atomic E-state index is 0.0867. The van der Waals surface area contributed by atoms with Gasteiger partial charge in [-0.25, -0.2) is 0 Å². The van der Waals surface area contributed by atoms with Crippen molar-refractivity contribution >= 4 is 17.9 Å². The molecule has 0 rings (SSSR count). The average Bonchev–Trinajstić information content (AvgIpc) is 3.38. The Labute approximate surface area is 446 Å². The number of hydrogen-bond acceptors (Lipinski definition) is 6. The number of carbonyl (C=O) groups is 3. The number of carbonyl (C=O) groups excluding carboxylic acids is 3. The highest BCUT2D eigenvalue weighted by Crippen LogP contribution is 2.15. The summed E-state index contributed by atoms with van der Waals surface area (Å²) in [7, 11) is 0. The quantitative estimate of drug-likeness (QED) is 0.0261. The van der Waals surface area contributed by atoms with Crippen LogP contribution in [0.5, 0.6) is 0 Å². The van der Waals surface area contributed by atoms with Crippen molar-refractivity contribution in [1.82, 2.24) is 0 Å². The first kappa shape index (κ1) is 68.8. The van der Waals surface area contributed by atoms with Gasteiger partial charge in [0.1, 0.15) is 13.2 Å². The zero-order chi connectivity index (χ0) is 52.2. The van der Waals surface area contributed by atoms with Gasteiger partial charge in [-0.1, -0.05) is 248 Å². The van der Waals surface area contributed by atoms with Crippen LogP contribution in [-0.4, -0.2) is 37.2 Å². The molecule has 0 aromatic rings. The molecule has 0 saturated heterocycles. The number of allylic oxidation sites excluding steroid dienone is 12. The topological polar surface area (TPSA) is 78.9 Å². The second-order valence-electron chi connectivity index (χ2n) is 20.6. The van der Waals surface area contributed by atoms with Crippen molar-refractivity contribution in [2.45, 2.75) is 316 Å². The summed E-state index contributed by atoms with van der Waals surface area (Å²) in [5.41, 5.74) is 0. The Morgan fingerprint density at radius 3 is 0.833 bits per heavy atom. The van der Waals surface area contributed by atoms with Crippen LogP contribution >= 0.6 is 0 Å². The summed E-state index contributed by atoms with van der Waals surface area (Å²) in [6.45, 7) is 6.60. The molecular formula is C66H116O6. The third-order valence-electron chi connectivity index (χ3n) is 13.4. The van der Waals surface area contributed by atoms with Crippen molar-refractivity contribution in [2.24, 2.45) is 0 Å². The first-order chi connectivity index (χ1) is 35.5. The molecule has 72 heavy (non-hydrogen) atoms. The van der Waals surface area contributed by atoms with Gasteiger partial charge in [0.15, 0.2) is 6.10 Å². The predicted octanol–water partition coefficient (Wildman–Crippen LogP) is 20.9. The molecule has 0 aliphatic rings. The molecule has 0 radical (unpaired) electrons. The maximum absolute atomic E-state index is 12.9. The minimum Gasteiger partial charge on any atom is -0.462 e. The van der Waals surface area contributed by atoms with E-state index in [2.05, 4.69) is 93.7 Å². The Bertz CT molecular complexity index is 1340. The van der Waals surface area contributed by atoms with E-state index in [-0.39, 0.29) is 31.1 Å². The predicted molar refractivity (Wildman–Crippen MR) is 311 cm³/mol. The van der Waals surface area contributed by atoms with Crippen LogP contribution in [0, 0.1) is 0 Å². The van der Waals surface area contributed by atoms with E-state index in [9.17, 15) is 14.4 Å². The van der Waals surface area contributed by atoms with E-state index in [1.54, 1.807) is 0 Å². The van der Waals surface area contributed by atoms with Crippen molar-refractivity contribution < 1.29 is 28.6 Å². The summed E-state index contributed by atoms with van der Waals surface area (Å²) in [6, 6.07) is 0. The van der Waals surface area contributed by atoms with E-state index in [0.29, 0.717) is 19.3 Å². The summed E-state index contributed by atoms with van der Waals surface area (Å²) in [5, 5.41) is 0. The van der Waals surface area contributed by atoms with E-state index in [0.717, 1.165) is 96.3 Å². The van der Waals surface area contributed by atoms with E-state index in [1.165, 1.54) is 173 Å². The maximum Gasteiger partial charge on any atom is 0.306 e.